The van der Waals surface area contributed by atoms with Crippen LogP contribution in [0, 0.1) is 11.8 Å². The molecule has 106 valence electrons. The molecule has 0 aromatic heterocycles. The first-order valence-corrected chi connectivity index (χ1v) is 8.58. The molecule has 2 fully saturated rings. The summed E-state index contributed by atoms with van der Waals surface area (Å²) in [5.74, 6) is 9.68. The first kappa shape index (κ1) is 14.6. The van der Waals surface area contributed by atoms with Gasteiger partial charge in [0, 0.05) is 18.4 Å². The second kappa shape index (κ2) is 6.60. The molecular formula is C14H28N2OS. The second-order valence-electron chi connectivity index (χ2n) is 5.86. The molecule has 18 heavy (non-hydrogen) atoms. The number of hydrazine groups is 1. The molecule has 0 saturated carbocycles. The summed E-state index contributed by atoms with van der Waals surface area (Å²) in [5, 5.41) is 0. The van der Waals surface area contributed by atoms with E-state index in [2.05, 4.69) is 19.3 Å². The number of thioether (sulfide) groups is 1. The fraction of sp³-hybridized carbons (Fsp3) is 1.00. The van der Waals surface area contributed by atoms with Gasteiger partial charge in [-0.1, -0.05) is 26.7 Å². The molecule has 3 atom stereocenters. The summed E-state index contributed by atoms with van der Waals surface area (Å²) in [6.07, 6.45) is 6.02. The molecule has 2 heterocycles. The van der Waals surface area contributed by atoms with Crippen molar-refractivity contribution in [3.05, 3.63) is 0 Å². The topological polar surface area (TPSA) is 47.3 Å². The van der Waals surface area contributed by atoms with E-state index in [4.69, 9.17) is 10.6 Å². The zero-order valence-electron chi connectivity index (χ0n) is 11.8. The fourth-order valence-corrected chi connectivity index (χ4v) is 5.07. The highest BCUT2D eigenvalue weighted by Crippen LogP contribution is 2.42. The highest BCUT2D eigenvalue weighted by molar-refractivity contribution is 7.99. The predicted molar refractivity (Wildman–Crippen MR) is 78.5 cm³/mol. The van der Waals surface area contributed by atoms with Crippen molar-refractivity contribution < 1.29 is 4.74 Å². The van der Waals surface area contributed by atoms with Gasteiger partial charge in [-0.3, -0.25) is 11.3 Å². The first-order chi connectivity index (χ1) is 8.74. The van der Waals surface area contributed by atoms with E-state index in [0.717, 1.165) is 13.0 Å². The lowest BCUT2D eigenvalue weighted by Crippen LogP contribution is -2.51. The maximum absolute atomic E-state index is 6.11. The number of hydrogen-bond donors (Lipinski definition) is 2. The summed E-state index contributed by atoms with van der Waals surface area (Å²) in [6, 6.07) is 0.464. The molecular weight excluding hydrogens is 244 g/mol. The Hall–Kier alpha value is 0.230. The van der Waals surface area contributed by atoms with E-state index in [0.29, 0.717) is 17.9 Å². The van der Waals surface area contributed by atoms with Gasteiger partial charge in [0.25, 0.3) is 0 Å². The minimum absolute atomic E-state index is 0.175. The van der Waals surface area contributed by atoms with E-state index in [1.807, 2.05) is 11.8 Å². The van der Waals surface area contributed by atoms with E-state index in [9.17, 15) is 0 Å². The molecule has 1 spiro atoms. The molecule has 0 aromatic rings. The van der Waals surface area contributed by atoms with Crippen LogP contribution in [0.4, 0.5) is 0 Å². The van der Waals surface area contributed by atoms with Crippen molar-refractivity contribution in [2.45, 2.75) is 57.6 Å². The zero-order chi connectivity index (χ0) is 13.0. The highest BCUT2D eigenvalue weighted by Gasteiger charge is 2.43. The Labute approximate surface area is 116 Å². The summed E-state index contributed by atoms with van der Waals surface area (Å²) >= 11 is 2.04. The van der Waals surface area contributed by atoms with Crippen molar-refractivity contribution in [3.8, 4) is 0 Å². The van der Waals surface area contributed by atoms with E-state index >= 15 is 0 Å². The van der Waals surface area contributed by atoms with Crippen LogP contribution < -0.4 is 11.3 Å². The Bertz CT molecular complexity index is 252. The van der Waals surface area contributed by atoms with Crippen LogP contribution in [-0.2, 0) is 4.74 Å². The number of nitrogens with two attached hydrogens (primary N) is 1. The highest BCUT2D eigenvalue weighted by atomic mass is 32.2. The molecule has 0 aromatic carbocycles. The van der Waals surface area contributed by atoms with Gasteiger partial charge in [-0.05, 0) is 36.9 Å². The number of rotatable bonds is 5. The van der Waals surface area contributed by atoms with Gasteiger partial charge < -0.3 is 4.74 Å². The van der Waals surface area contributed by atoms with E-state index in [1.54, 1.807) is 0 Å². The monoisotopic (exact) mass is 272 g/mol. The minimum atomic E-state index is 0.175. The lowest BCUT2D eigenvalue weighted by molar-refractivity contribution is -0.0886. The average Bonchev–Trinajstić information content (AvgIpc) is 2.83. The normalized spacial score (nSPS) is 34.3. The van der Waals surface area contributed by atoms with Gasteiger partial charge >= 0.3 is 0 Å². The average molecular weight is 272 g/mol. The number of hydrogen-bond acceptors (Lipinski definition) is 4. The number of nitrogens with one attached hydrogen (secondary N) is 1. The molecule has 3 N–H and O–H groups in total. The van der Waals surface area contributed by atoms with E-state index < -0.39 is 0 Å². The molecule has 2 rings (SSSR count). The van der Waals surface area contributed by atoms with Crippen molar-refractivity contribution in [1.29, 1.82) is 0 Å². The smallest absolute Gasteiger partial charge is 0.0783 e. The van der Waals surface area contributed by atoms with Crippen LogP contribution in [0.2, 0.25) is 0 Å². The second-order valence-corrected chi connectivity index (χ2v) is 6.96. The Kier molecular flexibility index (Phi) is 5.36. The van der Waals surface area contributed by atoms with E-state index in [1.165, 1.54) is 37.2 Å². The zero-order valence-corrected chi connectivity index (χ0v) is 12.6. The largest absolute Gasteiger partial charge is 0.374 e. The first-order valence-electron chi connectivity index (χ1n) is 7.42. The van der Waals surface area contributed by atoms with Crippen molar-refractivity contribution in [2.75, 3.05) is 18.1 Å². The minimum Gasteiger partial charge on any atom is -0.374 e. The maximum Gasteiger partial charge on any atom is 0.0783 e. The predicted octanol–water partition coefficient (Wildman–Crippen LogP) is 2.56. The Balaban J connectivity index is 2.01. The van der Waals surface area contributed by atoms with Crippen LogP contribution in [0.15, 0.2) is 0 Å². The van der Waals surface area contributed by atoms with Gasteiger partial charge in [0.2, 0.25) is 0 Å². The van der Waals surface area contributed by atoms with Crippen LogP contribution in [0.1, 0.15) is 46.0 Å². The molecule has 3 unspecified atom stereocenters. The summed E-state index contributed by atoms with van der Waals surface area (Å²) in [4.78, 5) is 0. The van der Waals surface area contributed by atoms with Gasteiger partial charge in [0.05, 0.1) is 5.60 Å². The Morgan fingerprint density at radius 1 is 1.44 bits per heavy atom. The molecule has 2 saturated heterocycles. The Morgan fingerprint density at radius 3 is 2.78 bits per heavy atom. The third kappa shape index (κ3) is 3.03. The molecule has 2 aliphatic heterocycles. The maximum atomic E-state index is 6.11. The van der Waals surface area contributed by atoms with Crippen LogP contribution in [-0.4, -0.2) is 29.8 Å². The summed E-state index contributed by atoms with van der Waals surface area (Å²) in [7, 11) is 0. The lowest BCUT2D eigenvalue weighted by atomic mass is 9.76. The van der Waals surface area contributed by atoms with Gasteiger partial charge in [-0.2, -0.15) is 11.8 Å². The molecule has 0 radical (unpaired) electrons. The third-order valence-electron chi connectivity index (χ3n) is 4.86. The van der Waals surface area contributed by atoms with Gasteiger partial charge in [-0.25, -0.2) is 0 Å². The lowest BCUT2D eigenvalue weighted by Gasteiger charge is -2.42. The van der Waals surface area contributed by atoms with Gasteiger partial charge in [0.15, 0.2) is 0 Å². The van der Waals surface area contributed by atoms with Crippen LogP contribution in [0.3, 0.4) is 0 Å². The summed E-state index contributed by atoms with van der Waals surface area (Å²) in [6.45, 7) is 5.47. The van der Waals surface area contributed by atoms with Crippen molar-refractivity contribution >= 4 is 11.8 Å². The Morgan fingerprint density at radius 2 is 2.22 bits per heavy atom. The standard InChI is InChI=1S/C14H28N2OS/c1-3-11(4-2)13(16-15)12-5-7-17-14(9-12)6-8-18-10-14/h11-13,16H,3-10,15H2,1-2H3. The van der Waals surface area contributed by atoms with Crippen LogP contribution in [0.25, 0.3) is 0 Å². The van der Waals surface area contributed by atoms with Crippen LogP contribution in [0.5, 0.6) is 0 Å². The number of ether oxygens (including phenoxy) is 1. The molecule has 3 nitrogen and oxygen atoms in total. The molecule has 0 amide bonds. The molecule has 0 aliphatic carbocycles. The summed E-state index contributed by atoms with van der Waals surface area (Å²) < 4.78 is 6.11. The van der Waals surface area contributed by atoms with Crippen molar-refractivity contribution in [1.82, 2.24) is 5.43 Å². The molecule has 2 aliphatic rings. The summed E-state index contributed by atoms with van der Waals surface area (Å²) in [5.41, 5.74) is 3.29. The van der Waals surface area contributed by atoms with Gasteiger partial charge in [-0.15, -0.1) is 0 Å². The van der Waals surface area contributed by atoms with E-state index in [-0.39, 0.29) is 5.60 Å². The quantitative estimate of drug-likeness (QED) is 0.596. The fourth-order valence-electron chi connectivity index (χ4n) is 3.69. The van der Waals surface area contributed by atoms with Crippen LogP contribution >= 0.6 is 11.8 Å². The SMILES string of the molecule is CCC(CC)C(NN)C1CCOC2(CCSC2)C1. The molecule has 0 bridgehead atoms. The van der Waals surface area contributed by atoms with Crippen molar-refractivity contribution in [3.63, 3.8) is 0 Å². The third-order valence-corrected chi connectivity index (χ3v) is 6.08. The van der Waals surface area contributed by atoms with Crippen molar-refractivity contribution in [2.24, 2.45) is 17.7 Å². The molecule has 4 heteroatoms. The van der Waals surface area contributed by atoms with Gasteiger partial charge in [0.1, 0.15) is 0 Å².